The van der Waals surface area contributed by atoms with E-state index in [1.807, 2.05) is 0 Å². The molecule has 4 rings (SSSR count). The van der Waals surface area contributed by atoms with Gasteiger partial charge in [-0.05, 0) is 42.5 Å². The summed E-state index contributed by atoms with van der Waals surface area (Å²) in [6.07, 6.45) is -1.58. The highest BCUT2D eigenvalue weighted by Gasteiger charge is 2.29. The molecular formula is C27H24ClNO9S3. The van der Waals surface area contributed by atoms with Crippen LogP contribution in [-0.4, -0.2) is 48.3 Å². The lowest BCUT2D eigenvalue weighted by Crippen LogP contribution is -2.31. The third-order valence-electron chi connectivity index (χ3n) is 5.77. The molecule has 0 aromatic heterocycles. The molecule has 216 valence electrons. The Kier molecular flexibility index (Phi) is 9.07. The molecule has 0 radical (unpaired) electrons. The summed E-state index contributed by atoms with van der Waals surface area (Å²) >= 11 is 6.37. The van der Waals surface area contributed by atoms with E-state index in [0.717, 1.165) is 16.4 Å². The molecule has 0 saturated heterocycles. The van der Waals surface area contributed by atoms with Gasteiger partial charge in [0.25, 0.3) is 0 Å². The third kappa shape index (κ3) is 7.07. The molecule has 0 heterocycles. The maximum absolute atomic E-state index is 13.0. The van der Waals surface area contributed by atoms with Crippen LogP contribution in [0.3, 0.4) is 0 Å². The van der Waals surface area contributed by atoms with Gasteiger partial charge in [0.05, 0.1) is 16.0 Å². The van der Waals surface area contributed by atoms with Crippen molar-refractivity contribution in [2.24, 2.45) is 0 Å². The molecule has 0 fully saturated rings. The van der Waals surface area contributed by atoms with Crippen molar-refractivity contribution in [2.75, 3.05) is 13.6 Å². The number of benzene rings is 4. The number of rotatable bonds is 11. The molecule has 0 spiro atoms. The molecule has 4 aromatic rings. The molecule has 0 aliphatic heterocycles. The van der Waals surface area contributed by atoms with Crippen LogP contribution in [0.4, 0.5) is 0 Å². The zero-order chi connectivity index (χ0) is 29.8. The Morgan fingerprint density at radius 3 is 1.51 bits per heavy atom. The largest absolute Gasteiger partial charge is 0.387 e. The lowest BCUT2D eigenvalue weighted by Gasteiger charge is -2.22. The Morgan fingerprint density at radius 1 is 0.683 bits per heavy atom. The Labute approximate surface area is 243 Å². The third-order valence-corrected chi connectivity index (χ3v) is 10.4. The van der Waals surface area contributed by atoms with E-state index in [2.05, 4.69) is 0 Å². The van der Waals surface area contributed by atoms with E-state index in [9.17, 15) is 30.4 Å². The molecule has 10 nitrogen and oxygen atoms in total. The van der Waals surface area contributed by atoms with Crippen molar-refractivity contribution in [1.29, 1.82) is 0 Å². The number of aliphatic hydroxyl groups excluding tert-OH is 1. The zero-order valence-electron chi connectivity index (χ0n) is 21.4. The summed E-state index contributed by atoms with van der Waals surface area (Å²) in [6.45, 7) is -0.482. The number of hydrogen-bond acceptors (Lipinski definition) is 9. The van der Waals surface area contributed by atoms with Crippen LogP contribution in [0, 0.1) is 0 Å². The fourth-order valence-corrected chi connectivity index (χ4v) is 7.04. The van der Waals surface area contributed by atoms with Gasteiger partial charge in [-0.25, -0.2) is 8.42 Å². The molecule has 41 heavy (non-hydrogen) atoms. The quantitative estimate of drug-likeness (QED) is 0.239. The van der Waals surface area contributed by atoms with Crippen molar-refractivity contribution < 1.29 is 38.7 Å². The number of aliphatic hydroxyl groups is 1. The Balaban J connectivity index is 1.73. The van der Waals surface area contributed by atoms with Crippen LogP contribution in [0.15, 0.2) is 118 Å². The van der Waals surface area contributed by atoms with Crippen LogP contribution in [-0.2, 0) is 30.3 Å². The average Bonchev–Trinajstić information content (AvgIpc) is 2.95. The van der Waals surface area contributed by atoms with Crippen LogP contribution in [0.5, 0.6) is 11.5 Å². The van der Waals surface area contributed by atoms with Gasteiger partial charge in [-0.2, -0.15) is 21.1 Å². The standard InChI is InChI=1S/C27H24ClNO9S3/c1-29(39(31,32)20-11-5-2-6-12-20)19-25(30)23-17-26(37-40(33,34)21-13-7-3-8-14-21)27(18-24(23)28)38-41(35,36)22-15-9-4-10-16-22/h2-18,25,30H,19H2,1H3/t25-/m1/s1. The van der Waals surface area contributed by atoms with Crippen LogP contribution in [0.25, 0.3) is 0 Å². The topological polar surface area (TPSA) is 144 Å². The SMILES string of the molecule is CN(C[C@@H](O)c1cc(OS(=O)(=O)c2ccccc2)c(OS(=O)(=O)c2ccccc2)cc1Cl)S(=O)(=O)c1ccccc1. The van der Waals surface area contributed by atoms with Crippen LogP contribution >= 0.6 is 11.6 Å². The molecule has 0 unspecified atom stereocenters. The highest BCUT2D eigenvalue weighted by atomic mass is 35.5. The highest BCUT2D eigenvalue weighted by molar-refractivity contribution is 7.89. The Hall–Kier alpha value is -3.46. The minimum absolute atomic E-state index is 0.00589. The summed E-state index contributed by atoms with van der Waals surface area (Å²) in [4.78, 5) is -0.457. The molecule has 14 heteroatoms. The first kappa shape index (κ1) is 30.5. The molecule has 0 bridgehead atoms. The number of halogens is 1. The molecule has 0 aliphatic carbocycles. The van der Waals surface area contributed by atoms with Crippen molar-refractivity contribution in [3.05, 3.63) is 114 Å². The molecule has 0 amide bonds. The second-order valence-corrected chi connectivity index (χ2v) is 14.2. The van der Waals surface area contributed by atoms with Crippen LogP contribution in [0.2, 0.25) is 5.02 Å². The fraction of sp³-hybridized carbons (Fsp3) is 0.111. The molecule has 4 aromatic carbocycles. The van der Waals surface area contributed by atoms with Gasteiger partial charge in [0.2, 0.25) is 10.0 Å². The Bertz CT molecular complexity index is 1840. The van der Waals surface area contributed by atoms with E-state index in [0.29, 0.717) is 0 Å². The van der Waals surface area contributed by atoms with E-state index in [4.69, 9.17) is 20.0 Å². The minimum Gasteiger partial charge on any atom is -0.387 e. The van der Waals surface area contributed by atoms with Gasteiger partial charge < -0.3 is 13.5 Å². The fourth-order valence-electron chi connectivity index (χ4n) is 3.66. The number of nitrogens with zero attached hydrogens (tertiary/aromatic N) is 1. The van der Waals surface area contributed by atoms with E-state index in [1.54, 1.807) is 30.3 Å². The van der Waals surface area contributed by atoms with E-state index < -0.39 is 54.4 Å². The van der Waals surface area contributed by atoms with Crippen molar-refractivity contribution in [2.45, 2.75) is 20.8 Å². The van der Waals surface area contributed by atoms with Gasteiger partial charge in [0.15, 0.2) is 11.5 Å². The van der Waals surface area contributed by atoms with Gasteiger partial charge in [-0.3, -0.25) is 0 Å². The first-order chi connectivity index (χ1) is 19.3. The maximum Gasteiger partial charge on any atom is 0.339 e. The average molecular weight is 638 g/mol. The first-order valence-electron chi connectivity index (χ1n) is 11.8. The summed E-state index contributed by atoms with van der Waals surface area (Å²) < 4.78 is 89.1. The first-order valence-corrected chi connectivity index (χ1v) is 16.5. The van der Waals surface area contributed by atoms with E-state index in [1.165, 1.54) is 67.7 Å². The summed E-state index contributed by atoms with van der Waals surface area (Å²) in [7, 11) is -11.7. The lowest BCUT2D eigenvalue weighted by molar-refractivity contribution is 0.155. The van der Waals surface area contributed by atoms with Gasteiger partial charge >= 0.3 is 20.2 Å². The van der Waals surface area contributed by atoms with E-state index >= 15 is 0 Å². The van der Waals surface area contributed by atoms with Crippen LogP contribution in [0.1, 0.15) is 11.7 Å². The molecular weight excluding hydrogens is 614 g/mol. The molecule has 0 aliphatic rings. The molecule has 0 saturated carbocycles. The number of sulfonamides is 1. The normalized spacial score (nSPS) is 13.1. The predicted octanol–water partition coefficient (Wildman–Crippen LogP) is 4.23. The van der Waals surface area contributed by atoms with Gasteiger partial charge in [0.1, 0.15) is 9.79 Å². The minimum atomic E-state index is -4.50. The van der Waals surface area contributed by atoms with Crippen LogP contribution < -0.4 is 8.37 Å². The predicted molar refractivity (Wildman–Crippen MR) is 151 cm³/mol. The lowest BCUT2D eigenvalue weighted by atomic mass is 10.1. The summed E-state index contributed by atoms with van der Waals surface area (Å²) in [5, 5.41) is 10.7. The molecule has 1 N–H and O–H groups in total. The molecule has 1 atom stereocenters. The van der Waals surface area contributed by atoms with Gasteiger partial charge in [-0.1, -0.05) is 66.2 Å². The number of likely N-dealkylation sites (N-methyl/N-ethyl adjacent to an activating group) is 1. The summed E-state index contributed by atoms with van der Waals surface area (Å²) in [5.41, 5.74) is -0.135. The van der Waals surface area contributed by atoms with Crippen molar-refractivity contribution in [1.82, 2.24) is 4.31 Å². The smallest absolute Gasteiger partial charge is 0.339 e. The summed E-state index contributed by atoms with van der Waals surface area (Å²) in [5.74, 6) is -1.17. The maximum atomic E-state index is 13.0. The second kappa shape index (κ2) is 12.2. The Morgan fingerprint density at radius 2 is 1.07 bits per heavy atom. The zero-order valence-corrected chi connectivity index (χ0v) is 24.6. The van der Waals surface area contributed by atoms with Crippen molar-refractivity contribution >= 4 is 41.9 Å². The highest BCUT2D eigenvalue weighted by Crippen LogP contribution is 2.39. The van der Waals surface area contributed by atoms with Gasteiger partial charge in [0, 0.05) is 25.2 Å². The van der Waals surface area contributed by atoms with E-state index in [-0.39, 0.29) is 25.3 Å². The van der Waals surface area contributed by atoms with Gasteiger partial charge in [-0.15, -0.1) is 0 Å². The summed E-state index contributed by atoms with van der Waals surface area (Å²) in [6, 6.07) is 23.7. The second-order valence-electron chi connectivity index (χ2n) is 8.64. The van der Waals surface area contributed by atoms with Crippen molar-refractivity contribution in [3.63, 3.8) is 0 Å². The number of hydrogen-bond donors (Lipinski definition) is 1. The van der Waals surface area contributed by atoms with Crippen molar-refractivity contribution in [3.8, 4) is 11.5 Å². The monoisotopic (exact) mass is 637 g/mol.